The minimum atomic E-state index is -4.70. The number of amides is 1. The quantitative estimate of drug-likeness (QED) is 0.573. The number of alkyl halides is 3. The third kappa shape index (κ3) is 4.33. The molecule has 1 amide bonds. The summed E-state index contributed by atoms with van der Waals surface area (Å²) in [7, 11) is 0. The highest BCUT2D eigenvalue weighted by atomic mass is 19.4. The van der Waals surface area contributed by atoms with E-state index in [4.69, 9.17) is 4.74 Å². The smallest absolute Gasteiger partial charge is 0.417 e. The molecule has 0 spiro atoms. The third-order valence-corrected chi connectivity index (χ3v) is 5.20. The molecule has 2 aromatic heterocycles. The van der Waals surface area contributed by atoms with Gasteiger partial charge in [-0.25, -0.2) is 9.07 Å². The van der Waals surface area contributed by atoms with Gasteiger partial charge in [0.2, 0.25) is 5.88 Å². The number of hydrogen-bond donors (Lipinski definition) is 0. The zero-order chi connectivity index (χ0) is 22.2. The molecule has 0 saturated carbocycles. The number of likely N-dealkylation sites (tertiary alicyclic amines) is 1. The predicted molar refractivity (Wildman–Crippen MR) is 104 cm³/mol. The van der Waals surface area contributed by atoms with Crippen LogP contribution >= 0.6 is 0 Å². The van der Waals surface area contributed by atoms with E-state index in [0.717, 1.165) is 36.1 Å². The van der Waals surface area contributed by atoms with Gasteiger partial charge < -0.3 is 9.64 Å². The van der Waals surface area contributed by atoms with E-state index in [2.05, 4.69) is 10.1 Å². The van der Waals surface area contributed by atoms with Crippen molar-refractivity contribution in [3.63, 3.8) is 0 Å². The number of benzene rings is 1. The van der Waals surface area contributed by atoms with Crippen LogP contribution in [0.15, 0.2) is 30.3 Å². The molecule has 0 bridgehead atoms. The fraction of sp³-hybridized carbons (Fsp3) is 0.381. The van der Waals surface area contributed by atoms with Crippen LogP contribution < -0.4 is 4.74 Å². The number of fused-ring (bicyclic) bond motifs is 1. The number of aromatic nitrogens is 3. The van der Waals surface area contributed by atoms with Gasteiger partial charge in [-0.05, 0) is 44.4 Å². The Morgan fingerprint density at radius 3 is 2.58 bits per heavy atom. The van der Waals surface area contributed by atoms with Crippen molar-refractivity contribution in [3.8, 4) is 11.6 Å². The lowest BCUT2D eigenvalue weighted by molar-refractivity contribution is -0.136. The van der Waals surface area contributed by atoms with Crippen LogP contribution in [0, 0.1) is 12.7 Å². The molecule has 4 rings (SSSR count). The van der Waals surface area contributed by atoms with Crippen LogP contribution in [-0.2, 0) is 11.0 Å². The topological polar surface area (TPSA) is 60.2 Å². The lowest BCUT2D eigenvalue weighted by Gasteiger charge is -2.26. The number of halogens is 4. The van der Waals surface area contributed by atoms with Crippen molar-refractivity contribution in [3.05, 3.63) is 47.4 Å². The summed E-state index contributed by atoms with van der Waals surface area (Å²) in [4.78, 5) is 18.1. The molecule has 6 nitrogen and oxygen atoms in total. The molecular weight excluding hydrogens is 416 g/mol. The summed E-state index contributed by atoms with van der Waals surface area (Å²) in [6.45, 7) is 2.22. The van der Waals surface area contributed by atoms with E-state index in [1.54, 1.807) is 4.90 Å². The summed E-state index contributed by atoms with van der Waals surface area (Å²) in [6, 6.07) is 6.08. The van der Waals surface area contributed by atoms with E-state index in [-0.39, 0.29) is 34.2 Å². The standard InChI is InChI=1S/C21H20F4N4O2/c1-13-19-16(21(23,24)25)11-17(31-12-18(30)28-8-3-2-4-9-28)26-20(19)29(27-13)15-7-5-6-14(22)10-15/h5-7,10-11H,2-4,8-9,12H2,1H3. The maximum atomic E-state index is 13.8. The van der Waals surface area contributed by atoms with Crippen LogP contribution in [0.25, 0.3) is 16.7 Å². The van der Waals surface area contributed by atoms with E-state index < -0.39 is 24.2 Å². The molecule has 31 heavy (non-hydrogen) atoms. The van der Waals surface area contributed by atoms with Crippen LogP contribution in [0.1, 0.15) is 30.5 Å². The van der Waals surface area contributed by atoms with Gasteiger partial charge >= 0.3 is 6.18 Å². The summed E-state index contributed by atoms with van der Waals surface area (Å²) < 4.78 is 61.6. The highest BCUT2D eigenvalue weighted by Gasteiger charge is 2.36. The first-order chi connectivity index (χ1) is 14.7. The second-order valence-corrected chi connectivity index (χ2v) is 7.41. The molecule has 0 radical (unpaired) electrons. The average Bonchev–Trinajstić information content (AvgIpc) is 3.08. The minimum Gasteiger partial charge on any atom is -0.467 e. The van der Waals surface area contributed by atoms with Crippen molar-refractivity contribution >= 4 is 16.9 Å². The number of hydrogen-bond acceptors (Lipinski definition) is 4. The van der Waals surface area contributed by atoms with Crippen molar-refractivity contribution in [1.82, 2.24) is 19.7 Å². The highest BCUT2D eigenvalue weighted by molar-refractivity contribution is 5.85. The molecular formula is C21H20F4N4O2. The van der Waals surface area contributed by atoms with Gasteiger partial charge in [0.25, 0.3) is 5.91 Å². The van der Waals surface area contributed by atoms with Crippen LogP contribution in [0.5, 0.6) is 5.88 Å². The van der Waals surface area contributed by atoms with Crippen LogP contribution in [0.4, 0.5) is 17.6 Å². The van der Waals surface area contributed by atoms with Gasteiger partial charge in [0, 0.05) is 19.2 Å². The van der Waals surface area contributed by atoms with Crippen molar-refractivity contribution in [1.29, 1.82) is 0 Å². The van der Waals surface area contributed by atoms with Gasteiger partial charge in [0.1, 0.15) is 5.82 Å². The number of nitrogens with zero attached hydrogens (tertiary/aromatic N) is 4. The maximum Gasteiger partial charge on any atom is 0.417 e. The Hall–Kier alpha value is -3.17. The zero-order valence-electron chi connectivity index (χ0n) is 16.7. The molecule has 1 aliphatic heterocycles. The summed E-state index contributed by atoms with van der Waals surface area (Å²) >= 11 is 0. The number of pyridine rings is 1. The normalized spacial score (nSPS) is 14.8. The van der Waals surface area contributed by atoms with Crippen molar-refractivity contribution in [2.24, 2.45) is 0 Å². The Bertz CT molecular complexity index is 1120. The molecule has 1 aliphatic rings. The Balaban J connectivity index is 1.74. The van der Waals surface area contributed by atoms with Crippen LogP contribution in [0.3, 0.4) is 0 Å². The number of rotatable bonds is 4. The first-order valence-electron chi connectivity index (χ1n) is 9.88. The predicted octanol–water partition coefficient (Wildman–Crippen LogP) is 4.28. The SMILES string of the molecule is Cc1nn(-c2cccc(F)c2)c2nc(OCC(=O)N3CCCCC3)cc(C(F)(F)F)c12. The first-order valence-corrected chi connectivity index (χ1v) is 9.88. The molecule has 0 N–H and O–H groups in total. The van der Waals surface area contributed by atoms with Crippen molar-refractivity contribution in [2.45, 2.75) is 32.4 Å². The Labute approximate surface area is 175 Å². The Morgan fingerprint density at radius 1 is 1.16 bits per heavy atom. The van der Waals surface area contributed by atoms with Gasteiger partial charge in [-0.3, -0.25) is 4.79 Å². The third-order valence-electron chi connectivity index (χ3n) is 5.20. The highest BCUT2D eigenvalue weighted by Crippen LogP contribution is 2.38. The van der Waals surface area contributed by atoms with Gasteiger partial charge in [0.05, 0.1) is 22.3 Å². The molecule has 1 aromatic carbocycles. The van der Waals surface area contributed by atoms with Gasteiger partial charge in [0.15, 0.2) is 12.3 Å². The number of piperidine rings is 1. The molecule has 3 heterocycles. The largest absolute Gasteiger partial charge is 0.467 e. The van der Waals surface area contributed by atoms with E-state index in [1.807, 2.05) is 0 Å². The number of ether oxygens (including phenoxy) is 1. The van der Waals surface area contributed by atoms with E-state index in [0.29, 0.717) is 13.1 Å². The lowest BCUT2D eigenvalue weighted by atomic mass is 10.1. The molecule has 0 unspecified atom stereocenters. The molecule has 3 aromatic rings. The number of carbonyl (C=O) groups is 1. The summed E-state index contributed by atoms with van der Waals surface area (Å²) in [5, 5.41) is 3.94. The van der Waals surface area contributed by atoms with E-state index in [9.17, 15) is 22.4 Å². The van der Waals surface area contributed by atoms with Crippen molar-refractivity contribution in [2.75, 3.05) is 19.7 Å². The Morgan fingerprint density at radius 2 is 1.90 bits per heavy atom. The number of aryl methyl sites for hydroxylation is 1. The molecule has 1 saturated heterocycles. The second-order valence-electron chi connectivity index (χ2n) is 7.41. The molecule has 0 atom stereocenters. The first kappa shape index (κ1) is 21.1. The molecule has 10 heteroatoms. The van der Waals surface area contributed by atoms with E-state index in [1.165, 1.54) is 25.1 Å². The van der Waals surface area contributed by atoms with Gasteiger partial charge in [-0.15, -0.1) is 0 Å². The lowest BCUT2D eigenvalue weighted by Crippen LogP contribution is -2.38. The van der Waals surface area contributed by atoms with Crippen LogP contribution in [-0.4, -0.2) is 45.3 Å². The van der Waals surface area contributed by atoms with E-state index >= 15 is 0 Å². The zero-order valence-corrected chi connectivity index (χ0v) is 16.7. The van der Waals surface area contributed by atoms with Crippen molar-refractivity contribution < 1.29 is 27.1 Å². The fourth-order valence-corrected chi connectivity index (χ4v) is 3.72. The summed E-state index contributed by atoms with van der Waals surface area (Å²) in [5.41, 5.74) is -0.785. The Kier molecular flexibility index (Phi) is 5.55. The molecule has 0 aliphatic carbocycles. The maximum absolute atomic E-state index is 13.8. The minimum absolute atomic E-state index is 0.0926. The van der Waals surface area contributed by atoms with Crippen LogP contribution in [0.2, 0.25) is 0 Å². The number of carbonyl (C=O) groups excluding carboxylic acids is 1. The fourth-order valence-electron chi connectivity index (χ4n) is 3.72. The van der Waals surface area contributed by atoms with Gasteiger partial charge in [-0.1, -0.05) is 6.07 Å². The molecule has 1 fully saturated rings. The molecule has 164 valence electrons. The summed E-state index contributed by atoms with van der Waals surface area (Å²) in [6.07, 6.45) is -1.88. The average molecular weight is 436 g/mol. The monoisotopic (exact) mass is 436 g/mol. The second kappa shape index (κ2) is 8.16. The summed E-state index contributed by atoms with van der Waals surface area (Å²) in [5.74, 6) is -1.21. The van der Waals surface area contributed by atoms with Gasteiger partial charge in [-0.2, -0.15) is 23.3 Å².